The topological polar surface area (TPSA) is 63.1 Å². The van der Waals surface area contributed by atoms with Crippen LogP contribution in [0.1, 0.15) is 27.4 Å². The first-order valence-electron chi connectivity index (χ1n) is 5.47. The molecule has 0 bridgehead atoms. The quantitative estimate of drug-likeness (QED) is 0.939. The molecule has 2 rings (SSSR count). The van der Waals surface area contributed by atoms with Crippen LogP contribution in [0.15, 0.2) is 24.4 Å². The number of rotatable bonds is 3. The third-order valence-corrected chi connectivity index (χ3v) is 2.93. The molecule has 0 aliphatic rings. The van der Waals surface area contributed by atoms with Crippen LogP contribution in [0.5, 0.6) is 0 Å². The number of hydrogen-bond donors (Lipinski definition) is 1. The van der Waals surface area contributed by atoms with E-state index in [0.29, 0.717) is 17.1 Å². The van der Waals surface area contributed by atoms with Crippen LogP contribution in [-0.2, 0) is 6.42 Å². The highest BCUT2D eigenvalue weighted by atomic mass is 35.5. The average molecular weight is 281 g/mol. The Morgan fingerprint density at radius 3 is 2.84 bits per heavy atom. The summed E-state index contributed by atoms with van der Waals surface area (Å²) in [6.07, 6.45) is 1.38. The van der Waals surface area contributed by atoms with Gasteiger partial charge in [0.25, 0.3) is 0 Å². The monoisotopic (exact) mass is 280 g/mol. The van der Waals surface area contributed by atoms with Crippen molar-refractivity contribution in [2.75, 3.05) is 0 Å². The first kappa shape index (κ1) is 13.4. The van der Waals surface area contributed by atoms with Crippen molar-refractivity contribution in [1.29, 1.82) is 0 Å². The summed E-state index contributed by atoms with van der Waals surface area (Å²) in [5, 5.41) is 8.91. The molecule has 0 aliphatic heterocycles. The van der Waals surface area contributed by atoms with Crippen molar-refractivity contribution in [3.8, 4) is 0 Å². The summed E-state index contributed by atoms with van der Waals surface area (Å²) in [5.41, 5.74) is 0.755. The van der Waals surface area contributed by atoms with Crippen LogP contribution in [0.3, 0.4) is 0 Å². The van der Waals surface area contributed by atoms with Gasteiger partial charge in [-0.15, -0.1) is 0 Å². The van der Waals surface area contributed by atoms with Crippen LogP contribution in [0.25, 0.3) is 0 Å². The Labute approximate surface area is 113 Å². The van der Waals surface area contributed by atoms with E-state index in [1.54, 1.807) is 19.1 Å². The smallest absolute Gasteiger partial charge is 0.339 e. The summed E-state index contributed by atoms with van der Waals surface area (Å²) < 4.78 is 13.7. The van der Waals surface area contributed by atoms with E-state index in [1.165, 1.54) is 12.3 Å². The summed E-state index contributed by atoms with van der Waals surface area (Å²) in [7, 11) is 0. The summed E-state index contributed by atoms with van der Waals surface area (Å²) in [6.45, 7) is 1.57. The van der Waals surface area contributed by atoms with Gasteiger partial charge in [-0.2, -0.15) is 0 Å². The predicted molar refractivity (Wildman–Crippen MR) is 67.9 cm³/mol. The lowest BCUT2D eigenvalue weighted by Crippen LogP contribution is -2.07. The third-order valence-electron chi connectivity index (χ3n) is 2.64. The number of carboxylic acids is 1. The van der Waals surface area contributed by atoms with Crippen molar-refractivity contribution in [3.63, 3.8) is 0 Å². The second kappa shape index (κ2) is 5.32. The predicted octanol–water partition coefficient (Wildman–Crippen LogP) is 2.87. The minimum Gasteiger partial charge on any atom is -0.478 e. The molecule has 0 radical (unpaired) electrons. The fourth-order valence-electron chi connectivity index (χ4n) is 1.67. The summed E-state index contributed by atoms with van der Waals surface area (Å²) in [6, 6.07) is 4.68. The van der Waals surface area contributed by atoms with Crippen molar-refractivity contribution in [2.45, 2.75) is 13.3 Å². The van der Waals surface area contributed by atoms with Crippen molar-refractivity contribution >= 4 is 17.6 Å². The maximum absolute atomic E-state index is 13.7. The van der Waals surface area contributed by atoms with Crippen LogP contribution < -0.4 is 0 Å². The number of nitrogens with zero attached hydrogens (tertiary/aromatic N) is 2. The molecule has 98 valence electrons. The molecule has 0 atom stereocenters. The van der Waals surface area contributed by atoms with Crippen LogP contribution in [0.4, 0.5) is 4.39 Å². The number of aromatic nitrogens is 2. The molecule has 0 saturated heterocycles. The van der Waals surface area contributed by atoms with Crippen molar-refractivity contribution in [3.05, 3.63) is 57.9 Å². The molecule has 6 heteroatoms. The molecule has 1 N–H and O–H groups in total. The normalized spacial score (nSPS) is 10.5. The van der Waals surface area contributed by atoms with Gasteiger partial charge >= 0.3 is 5.97 Å². The van der Waals surface area contributed by atoms with Gasteiger partial charge in [0.2, 0.25) is 0 Å². The van der Waals surface area contributed by atoms with Gasteiger partial charge in [0, 0.05) is 12.6 Å². The molecule has 1 heterocycles. The Kier molecular flexibility index (Phi) is 3.76. The molecule has 0 spiro atoms. The lowest BCUT2D eigenvalue weighted by molar-refractivity contribution is 0.0695. The lowest BCUT2D eigenvalue weighted by atomic mass is 10.1. The van der Waals surface area contributed by atoms with E-state index in [4.69, 9.17) is 16.7 Å². The number of aryl methyl sites for hydroxylation is 1. The molecule has 0 aliphatic carbocycles. The van der Waals surface area contributed by atoms with Gasteiger partial charge in [-0.3, -0.25) is 0 Å². The van der Waals surface area contributed by atoms with E-state index >= 15 is 0 Å². The SMILES string of the molecule is Cc1nc(Cc2cccc(Cl)c2F)ncc1C(=O)O. The average Bonchev–Trinajstić information content (AvgIpc) is 2.34. The van der Waals surface area contributed by atoms with E-state index in [1.807, 2.05) is 0 Å². The Morgan fingerprint density at radius 2 is 2.21 bits per heavy atom. The highest BCUT2D eigenvalue weighted by Gasteiger charge is 2.12. The van der Waals surface area contributed by atoms with Gasteiger partial charge in [-0.1, -0.05) is 23.7 Å². The number of benzene rings is 1. The zero-order valence-corrected chi connectivity index (χ0v) is 10.8. The molecule has 0 fully saturated rings. The minimum atomic E-state index is -1.09. The van der Waals surface area contributed by atoms with Gasteiger partial charge in [-0.05, 0) is 18.6 Å². The number of hydrogen-bond acceptors (Lipinski definition) is 3. The number of carboxylic acid groups (broad SMARTS) is 1. The fourth-order valence-corrected chi connectivity index (χ4v) is 1.86. The second-order valence-corrected chi connectivity index (χ2v) is 4.39. The second-order valence-electron chi connectivity index (χ2n) is 3.98. The largest absolute Gasteiger partial charge is 0.478 e. The summed E-state index contributed by atoms with van der Waals surface area (Å²) in [5.74, 6) is -1.24. The molecule has 4 nitrogen and oxygen atoms in total. The van der Waals surface area contributed by atoms with Crippen molar-refractivity contribution < 1.29 is 14.3 Å². The maximum Gasteiger partial charge on any atom is 0.339 e. The summed E-state index contributed by atoms with van der Waals surface area (Å²) in [4.78, 5) is 18.8. The molecule has 1 aromatic carbocycles. The zero-order chi connectivity index (χ0) is 14.0. The first-order valence-corrected chi connectivity index (χ1v) is 5.85. The van der Waals surface area contributed by atoms with Crippen LogP contribution in [0, 0.1) is 12.7 Å². The van der Waals surface area contributed by atoms with Gasteiger partial charge in [-0.25, -0.2) is 19.2 Å². The molecule has 2 aromatic rings. The molecule has 0 unspecified atom stereocenters. The van der Waals surface area contributed by atoms with Crippen LogP contribution in [0.2, 0.25) is 5.02 Å². The minimum absolute atomic E-state index is 0.0373. The fraction of sp³-hybridized carbons (Fsp3) is 0.154. The van der Waals surface area contributed by atoms with E-state index in [9.17, 15) is 9.18 Å². The van der Waals surface area contributed by atoms with Crippen molar-refractivity contribution in [2.24, 2.45) is 0 Å². The zero-order valence-electron chi connectivity index (χ0n) is 10.0. The highest BCUT2D eigenvalue weighted by molar-refractivity contribution is 6.30. The Balaban J connectivity index is 2.32. The Hall–Kier alpha value is -2.01. The molecular weight excluding hydrogens is 271 g/mol. The Morgan fingerprint density at radius 1 is 1.47 bits per heavy atom. The first-order chi connectivity index (χ1) is 8.99. The molecule has 0 saturated carbocycles. The summed E-state index contributed by atoms with van der Waals surface area (Å²) >= 11 is 5.68. The Bertz CT molecular complexity index is 647. The maximum atomic E-state index is 13.7. The van der Waals surface area contributed by atoms with Crippen LogP contribution >= 0.6 is 11.6 Å². The molecule has 1 aromatic heterocycles. The number of halogens is 2. The van der Waals surface area contributed by atoms with Gasteiger partial charge in [0.15, 0.2) is 0 Å². The molecule has 19 heavy (non-hydrogen) atoms. The van der Waals surface area contributed by atoms with E-state index in [-0.39, 0.29) is 17.0 Å². The highest BCUT2D eigenvalue weighted by Crippen LogP contribution is 2.19. The lowest BCUT2D eigenvalue weighted by Gasteiger charge is -2.05. The van der Waals surface area contributed by atoms with E-state index in [0.717, 1.165) is 0 Å². The van der Waals surface area contributed by atoms with Gasteiger partial charge in [0.1, 0.15) is 11.6 Å². The van der Waals surface area contributed by atoms with Gasteiger partial charge < -0.3 is 5.11 Å². The molecular formula is C13H10ClFN2O2. The third kappa shape index (κ3) is 2.88. The standard InChI is InChI=1S/C13H10ClFN2O2/c1-7-9(13(18)19)6-16-11(17-7)5-8-3-2-4-10(14)12(8)15/h2-4,6H,5H2,1H3,(H,18,19). The van der Waals surface area contributed by atoms with E-state index < -0.39 is 11.8 Å². The van der Waals surface area contributed by atoms with Gasteiger partial charge in [0.05, 0.1) is 16.3 Å². The number of carbonyl (C=O) groups is 1. The number of aromatic carboxylic acids is 1. The molecule has 0 amide bonds. The van der Waals surface area contributed by atoms with Crippen molar-refractivity contribution in [1.82, 2.24) is 9.97 Å². The van der Waals surface area contributed by atoms with Crippen LogP contribution in [-0.4, -0.2) is 21.0 Å². The van der Waals surface area contributed by atoms with E-state index in [2.05, 4.69) is 9.97 Å².